The molecule has 1 aromatic carbocycles. The molecule has 1 saturated heterocycles. The first kappa shape index (κ1) is 15.8. The molecule has 116 valence electrons. The number of nitrogens with zero attached hydrogens (tertiary/aromatic N) is 1. The summed E-state index contributed by atoms with van der Waals surface area (Å²) < 4.78 is 0. The largest absolute Gasteiger partial charge is 0.506 e. The van der Waals surface area contributed by atoms with E-state index >= 15 is 0 Å². The molecule has 21 heavy (non-hydrogen) atoms. The van der Waals surface area contributed by atoms with E-state index in [4.69, 9.17) is 0 Å². The maximum absolute atomic E-state index is 11.1. The lowest BCUT2D eigenvalue weighted by atomic mass is 9.91. The molecule has 0 saturated carbocycles. The van der Waals surface area contributed by atoms with E-state index in [0.717, 1.165) is 30.4 Å². The Morgan fingerprint density at radius 1 is 1.33 bits per heavy atom. The zero-order valence-corrected chi connectivity index (χ0v) is 13.2. The van der Waals surface area contributed by atoms with Crippen LogP contribution in [0.15, 0.2) is 18.2 Å². The summed E-state index contributed by atoms with van der Waals surface area (Å²) in [7, 11) is 0. The van der Waals surface area contributed by atoms with Crippen LogP contribution >= 0.6 is 0 Å². The SMILES string of the molecule is CC(=O)Nc1cc(CCN2CC(C)CC(C)C2)ccc1O. The minimum Gasteiger partial charge on any atom is -0.506 e. The lowest BCUT2D eigenvalue weighted by molar-refractivity contribution is -0.114. The topological polar surface area (TPSA) is 52.6 Å². The van der Waals surface area contributed by atoms with Gasteiger partial charge in [-0.3, -0.25) is 4.79 Å². The number of phenolic OH excluding ortho intramolecular Hbond substituents is 1. The second-order valence-electron chi connectivity index (χ2n) is 6.49. The number of rotatable bonds is 4. The molecule has 1 amide bonds. The van der Waals surface area contributed by atoms with Crippen LogP contribution < -0.4 is 5.32 Å². The number of amides is 1. The number of piperidine rings is 1. The predicted octanol–water partition coefficient (Wildman–Crippen LogP) is 2.87. The van der Waals surface area contributed by atoms with Crippen LogP contribution in [-0.4, -0.2) is 35.5 Å². The Morgan fingerprint density at radius 2 is 2.00 bits per heavy atom. The van der Waals surface area contributed by atoms with Crippen molar-refractivity contribution in [3.05, 3.63) is 23.8 Å². The van der Waals surface area contributed by atoms with Crippen LogP contribution in [0.2, 0.25) is 0 Å². The smallest absolute Gasteiger partial charge is 0.221 e. The number of likely N-dealkylation sites (tertiary alicyclic amines) is 1. The summed E-state index contributed by atoms with van der Waals surface area (Å²) >= 11 is 0. The van der Waals surface area contributed by atoms with Crippen molar-refractivity contribution in [1.29, 1.82) is 0 Å². The molecule has 2 rings (SSSR count). The number of phenols is 1. The number of hydrogen-bond donors (Lipinski definition) is 2. The van der Waals surface area contributed by atoms with Gasteiger partial charge in [0.05, 0.1) is 5.69 Å². The summed E-state index contributed by atoms with van der Waals surface area (Å²) in [6.45, 7) is 9.44. The first-order chi connectivity index (χ1) is 9.94. The van der Waals surface area contributed by atoms with Crippen molar-refractivity contribution in [2.24, 2.45) is 11.8 Å². The van der Waals surface area contributed by atoms with Gasteiger partial charge in [0.2, 0.25) is 5.91 Å². The van der Waals surface area contributed by atoms with Gasteiger partial charge in [-0.05, 0) is 42.4 Å². The second kappa shape index (κ2) is 6.94. The van der Waals surface area contributed by atoms with E-state index in [2.05, 4.69) is 24.1 Å². The van der Waals surface area contributed by atoms with Crippen LogP contribution in [0.4, 0.5) is 5.69 Å². The van der Waals surface area contributed by atoms with Gasteiger partial charge in [0.1, 0.15) is 5.75 Å². The van der Waals surface area contributed by atoms with E-state index < -0.39 is 0 Å². The third kappa shape index (κ3) is 4.74. The number of benzene rings is 1. The van der Waals surface area contributed by atoms with Gasteiger partial charge in [-0.1, -0.05) is 19.9 Å². The van der Waals surface area contributed by atoms with Crippen molar-refractivity contribution in [3.8, 4) is 5.75 Å². The van der Waals surface area contributed by atoms with Gasteiger partial charge in [0, 0.05) is 26.6 Å². The van der Waals surface area contributed by atoms with Gasteiger partial charge in [0.25, 0.3) is 0 Å². The molecule has 4 heteroatoms. The first-order valence-electron chi connectivity index (χ1n) is 7.76. The van der Waals surface area contributed by atoms with Crippen LogP contribution in [0.25, 0.3) is 0 Å². The molecule has 2 atom stereocenters. The molecule has 1 heterocycles. The maximum Gasteiger partial charge on any atom is 0.221 e. The van der Waals surface area contributed by atoms with Crippen molar-refractivity contribution in [3.63, 3.8) is 0 Å². The summed E-state index contributed by atoms with van der Waals surface area (Å²) in [4.78, 5) is 13.6. The Hall–Kier alpha value is -1.55. The molecule has 1 aliphatic heterocycles. The average molecular weight is 290 g/mol. The highest BCUT2D eigenvalue weighted by Gasteiger charge is 2.21. The third-order valence-corrected chi connectivity index (χ3v) is 4.03. The van der Waals surface area contributed by atoms with E-state index in [1.807, 2.05) is 12.1 Å². The molecular formula is C17H26N2O2. The summed E-state index contributed by atoms with van der Waals surface area (Å²) in [6.07, 6.45) is 2.26. The molecule has 4 nitrogen and oxygen atoms in total. The fraction of sp³-hybridized carbons (Fsp3) is 0.588. The Balaban J connectivity index is 1.95. The van der Waals surface area contributed by atoms with E-state index in [9.17, 15) is 9.90 Å². The Labute approximate surface area is 127 Å². The lowest BCUT2D eigenvalue weighted by Crippen LogP contribution is -2.39. The summed E-state index contributed by atoms with van der Waals surface area (Å²) in [6, 6.07) is 5.45. The molecule has 0 radical (unpaired) electrons. The Kier molecular flexibility index (Phi) is 5.23. The van der Waals surface area contributed by atoms with Crippen LogP contribution in [0, 0.1) is 11.8 Å². The number of carbonyl (C=O) groups is 1. The summed E-state index contributed by atoms with van der Waals surface area (Å²) in [5.41, 5.74) is 1.64. The van der Waals surface area contributed by atoms with Crippen LogP contribution in [0.5, 0.6) is 5.75 Å². The van der Waals surface area contributed by atoms with Crippen LogP contribution in [0.3, 0.4) is 0 Å². The molecule has 2 unspecified atom stereocenters. The van der Waals surface area contributed by atoms with Crippen LogP contribution in [0.1, 0.15) is 32.8 Å². The minimum absolute atomic E-state index is 0.120. The molecule has 1 fully saturated rings. The van der Waals surface area contributed by atoms with Crippen molar-refractivity contribution in [2.45, 2.75) is 33.6 Å². The molecule has 1 aliphatic rings. The molecule has 0 aliphatic carbocycles. The van der Waals surface area contributed by atoms with E-state index in [0.29, 0.717) is 5.69 Å². The monoisotopic (exact) mass is 290 g/mol. The standard InChI is InChI=1S/C17H26N2O2/c1-12-8-13(2)11-19(10-12)7-6-15-4-5-17(21)16(9-15)18-14(3)20/h4-5,9,12-13,21H,6-8,10-11H2,1-3H3,(H,18,20). The highest BCUT2D eigenvalue weighted by molar-refractivity contribution is 5.90. The van der Waals surface area contributed by atoms with E-state index in [1.54, 1.807) is 6.07 Å². The van der Waals surface area contributed by atoms with E-state index in [-0.39, 0.29) is 11.7 Å². The first-order valence-corrected chi connectivity index (χ1v) is 7.76. The Bertz CT molecular complexity index is 492. The third-order valence-electron chi connectivity index (χ3n) is 4.03. The Morgan fingerprint density at radius 3 is 2.62 bits per heavy atom. The van der Waals surface area contributed by atoms with Crippen molar-refractivity contribution in [2.75, 3.05) is 25.0 Å². The zero-order chi connectivity index (χ0) is 15.4. The molecule has 1 aromatic rings. The highest BCUT2D eigenvalue weighted by Crippen LogP contribution is 2.25. The number of hydrogen-bond acceptors (Lipinski definition) is 3. The number of aromatic hydroxyl groups is 1. The molecule has 0 spiro atoms. The van der Waals surface area contributed by atoms with Gasteiger partial charge < -0.3 is 15.3 Å². The van der Waals surface area contributed by atoms with Crippen molar-refractivity contribution >= 4 is 11.6 Å². The van der Waals surface area contributed by atoms with Gasteiger partial charge in [-0.2, -0.15) is 0 Å². The molecular weight excluding hydrogens is 264 g/mol. The zero-order valence-electron chi connectivity index (χ0n) is 13.2. The van der Waals surface area contributed by atoms with Gasteiger partial charge in [-0.15, -0.1) is 0 Å². The molecule has 0 bridgehead atoms. The fourth-order valence-corrected chi connectivity index (χ4v) is 3.29. The number of carbonyl (C=O) groups excluding carboxylic acids is 1. The van der Waals surface area contributed by atoms with Crippen LogP contribution in [-0.2, 0) is 11.2 Å². The van der Waals surface area contributed by atoms with Gasteiger partial charge in [0.15, 0.2) is 0 Å². The number of anilines is 1. The van der Waals surface area contributed by atoms with Crippen molar-refractivity contribution < 1.29 is 9.90 Å². The summed E-state index contributed by atoms with van der Waals surface area (Å²) in [5.74, 6) is 1.49. The molecule has 2 N–H and O–H groups in total. The second-order valence-corrected chi connectivity index (χ2v) is 6.49. The van der Waals surface area contributed by atoms with Gasteiger partial charge >= 0.3 is 0 Å². The minimum atomic E-state index is -0.166. The average Bonchev–Trinajstić information content (AvgIpc) is 2.38. The van der Waals surface area contributed by atoms with E-state index in [1.165, 1.54) is 26.4 Å². The molecule has 0 aromatic heterocycles. The predicted molar refractivity (Wildman–Crippen MR) is 85.5 cm³/mol. The fourth-order valence-electron chi connectivity index (χ4n) is 3.29. The highest BCUT2D eigenvalue weighted by atomic mass is 16.3. The maximum atomic E-state index is 11.1. The number of nitrogens with one attached hydrogen (secondary N) is 1. The lowest BCUT2D eigenvalue weighted by Gasteiger charge is -2.35. The normalized spacial score (nSPS) is 23.0. The quantitative estimate of drug-likeness (QED) is 0.838. The van der Waals surface area contributed by atoms with Crippen molar-refractivity contribution in [1.82, 2.24) is 4.90 Å². The van der Waals surface area contributed by atoms with Gasteiger partial charge in [-0.25, -0.2) is 0 Å². The summed E-state index contributed by atoms with van der Waals surface area (Å²) in [5, 5.41) is 12.4.